The number of carbonyl (C=O) groups excluding carboxylic acids is 3. The second-order valence-electron chi connectivity index (χ2n) is 7.35. The summed E-state index contributed by atoms with van der Waals surface area (Å²) in [5.74, 6) is -0.146. The lowest BCUT2D eigenvalue weighted by atomic mass is 9.72. The molecule has 3 rings (SSSR count). The molecule has 2 aliphatic carbocycles. The number of halogens is 1. The third-order valence-corrected chi connectivity index (χ3v) is 5.38. The molecule has 1 aromatic rings. The highest BCUT2D eigenvalue weighted by Crippen LogP contribution is 2.44. The van der Waals surface area contributed by atoms with Crippen LogP contribution in [0.15, 0.2) is 6.07 Å². The molecule has 0 aliphatic heterocycles. The molecule has 0 unspecified atom stereocenters. The first-order chi connectivity index (χ1) is 11.3. The molecule has 0 saturated heterocycles. The summed E-state index contributed by atoms with van der Waals surface area (Å²) in [4.78, 5) is 37.4. The Morgan fingerprint density at radius 3 is 2.58 bits per heavy atom. The summed E-state index contributed by atoms with van der Waals surface area (Å²) in [6.07, 6.45) is 2.93. The van der Waals surface area contributed by atoms with E-state index in [1.807, 2.05) is 13.8 Å². The maximum atomic E-state index is 12.9. The molecule has 0 heterocycles. The molecule has 24 heavy (non-hydrogen) atoms. The van der Waals surface area contributed by atoms with Crippen LogP contribution in [0.5, 0.6) is 5.75 Å². The van der Waals surface area contributed by atoms with Crippen LogP contribution < -0.4 is 4.74 Å². The van der Waals surface area contributed by atoms with E-state index in [4.69, 9.17) is 16.3 Å². The van der Waals surface area contributed by atoms with Crippen molar-refractivity contribution in [3.63, 3.8) is 0 Å². The van der Waals surface area contributed by atoms with Crippen LogP contribution in [-0.2, 0) is 11.2 Å². The minimum absolute atomic E-state index is 0.0219. The second-order valence-corrected chi connectivity index (χ2v) is 7.75. The number of methoxy groups -OCH3 is 1. The van der Waals surface area contributed by atoms with Crippen molar-refractivity contribution in [1.29, 1.82) is 0 Å². The molecule has 0 N–H and O–H groups in total. The smallest absolute Gasteiger partial charge is 0.174 e. The van der Waals surface area contributed by atoms with E-state index < -0.39 is 5.41 Å². The topological polar surface area (TPSA) is 60.4 Å². The van der Waals surface area contributed by atoms with Crippen molar-refractivity contribution in [1.82, 2.24) is 0 Å². The Kier molecular flexibility index (Phi) is 4.28. The molecule has 0 spiro atoms. The number of rotatable bonds is 5. The molecule has 0 amide bonds. The zero-order valence-corrected chi connectivity index (χ0v) is 15.0. The van der Waals surface area contributed by atoms with E-state index in [9.17, 15) is 14.4 Å². The molecule has 0 radical (unpaired) electrons. The molecule has 0 atom stereocenters. The average Bonchev–Trinajstić information content (AvgIpc) is 3.35. The molecule has 1 aromatic carbocycles. The number of hydrogen-bond donors (Lipinski definition) is 0. The largest absolute Gasteiger partial charge is 0.495 e. The van der Waals surface area contributed by atoms with Gasteiger partial charge in [0, 0.05) is 16.4 Å². The molecule has 1 fully saturated rings. The SMILES string of the molecule is COc1c(C(=O)CC(=O)C2CC2)cc(Cl)c2c1C(=O)C(C)(C)CC2. The quantitative estimate of drug-likeness (QED) is 0.594. The Balaban J connectivity index is 2.06. The van der Waals surface area contributed by atoms with Gasteiger partial charge in [-0.1, -0.05) is 25.4 Å². The van der Waals surface area contributed by atoms with Gasteiger partial charge >= 0.3 is 0 Å². The lowest BCUT2D eigenvalue weighted by molar-refractivity contribution is -0.119. The predicted octanol–water partition coefficient (Wildman–Crippen LogP) is 4.06. The normalized spacial score (nSPS) is 18.9. The van der Waals surface area contributed by atoms with E-state index in [1.165, 1.54) is 7.11 Å². The van der Waals surface area contributed by atoms with E-state index in [-0.39, 0.29) is 41.0 Å². The lowest BCUT2D eigenvalue weighted by Crippen LogP contribution is -2.31. The lowest BCUT2D eigenvalue weighted by Gasteiger charge is -2.31. The van der Waals surface area contributed by atoms with Gasteiger partial charge in [0.05, 0.1) is 24.7 Å². The van der Waals surface area contributed by atoms with Gasteiger partial charge < -0.3 is 4.74 Å². The van der Waals surface area contributed by atoms with Gasteiger partial charge in [-0.2, -0.15) is 0 Å². The molecule has 4 nitrogen and oxygen atoms in total. The van der Waals surface area contributed by atoms with E-state index in [1.54, 1.807) is 6.07 Å². The van der Waals surface area contributed by atoms with Gasteiger partial charge in [0.2, 0.25) is 0 Å². The van der Waals surface area contributed by atoms with Crippen molar-refractivity contribution >= 4 is 29.0 Å². The minimum Gasteiger partial charge on any atom is -0.495 e. The van der Waals surface area contributed by atoms with Crippen molar-refractivity contribution < 1.29 is 19.1 Å². The number of benzene rings is 1. The highest BCUT2D eigenvalue weighted by Gasteiger charge is 2.39. The molecule has 0 aromatic heterocycles. The van der Waals surface area contributed by atoms with Crippen molar-refractivity contribution in [3.05, 3.63) is 27.8 Å². The summed E-state index contributed by atoms with van der Waals surface area (Å²) in [6.45, 7) is 3.77. The number of Topliss-reactive ketones (excluding diaryl/α,β-unsaturated/α-hetero) is 3. The van der Waals surface area contributed by atoms with Crippen LogP contribution in [0.25, 0.3) is 0 Å². The first-order valence-electron chi connectivity index (χ1n) is 8.26. The van der Waals surface area contributed by atoms with Crippen LogP contribution in [0.4, 0.5) is 0 Å². The summed E-state index contributed by atoms with van der Waals surface area (Å²) in [7, 11) is 1.44. The van der Waals surface area contributed by atoms with E-state index in [0.717, 1.165) is 18.4 Å². The molecular weight excluding hydrogens is 328 g/mol. The highest BCUT2D eigenvalue weighted by molar-refractivity contribution is 6.33. The van der Waals surface area contributed by atoms with Crippen LogP contribution >= 0.6 is 11.6 Å². The van der Waals surface area contributed by atoms with E-state index in [0.29, 0.717) is 23.4 Å². The maximum Gasteiger partial charge on any atom is 0.174 e. The Labute approximate surface area is 146 Å². The second kappa shape index (κ2) is 5.99. The third-order valence-electron chi connectivity index (χ3n) is 5.05. The number of ketones is 3. The fourth-order valence-corrected chi connectivity index (χ4v) is 3.56. The van der Waals surface area contributed by atoms with Crippen LogP contribution in [-0.4, -0.2) is 24.5 Å². The first-order valence-corrected chi connectivity index (χ1v) is 8.64. The minimum atomic E-state index is -0.519. The van der Waals surface area contributed by atoms with Gasteiger partial charge in [-0.15, -0.1) is 0 Å². The molecule has 1 saturated carbocycles. The zero-order valence-electron chi connectivity index (χ0n) is 14.2. The van der Waals surface area contributed by atoms with Crippen LogP contribution in [0.2, 0.25) is 5.02 Å². The fraction of sp³-hybridized carbons (Fsp3) is 0.526. The Bertz CT molecular complexity index is 744. The summed E-state index contributed by atoms with van der Waals surface area (Å²) in [5, 5.41) is 0.400. The third kappa shape index (κ3) is 2.88. The van der Waals surface area contributed by atoms with Crippen molar-refractivity contribution in [2.45, 2.75) is 46.0 Å². The van der Waals surface area contributed by atoms with Crippen LogP contribution in [0, 0.1) is 11.3 Å². The molecule has 2 aliphatic rings. The fourth-order valence-electron chi connectivity index (χ4n) is 3.27. The van der Waals surface area contributed by atoms with Gasteiger partial charge in [0.25, 0.3) is 0 Å². The number of hydrogen-bond acceptors (Lipinski definition) is 4. The monoisotopic (exact) mass is 348 g/mol. The number of ether oxygens (including phenoxy) is 1. The van der Waals surface area contributed by atoms with E-state index in [2.05, 4.69) is 0 Å². The Hall–Kier alpha value is -1.68. The van der Waals surface area contributed by atoms with Gasteiger partial charge in [0.1, 0.15) is 11.5 Å². The zero-order chi connectivity index (χ0) is 17.6. The first kappa shape index (κ1) is 17.2. The highest BCUT2D eigenvalue weighted by atomic mass is 35.5. The number of carbonyl (C=O) groups is 3. The van der Waals surface area contributed by atoms with Crippen molar-refractivity contribution in [2.24, 2.45) is 11.3 Å². The van der Waals surface area contributed by atoms with Crippen LogP contribution in [0.3, 0.4) is 0 Å². The average molecular weight is 349 g/mol. The van der Waals surface area contributed by atoms with Crippen molar-refractivity contribution in [2.75, 3.05) is 7.11 Å². The summed E-state index contributed by atoms with van der Waals surface area (Å²) in [6, 6.07) is 1.55. The molecular formula is C19H21ClO4. The van der Waals surface area contributed by atoms with Gasteiger partial charge in [0.15, 0.2) is 11.6 Å². The summed E-state index contributed by atoms with van der Waals surface area (Å²) in [5.41, 5.74) is 0.863. The number of fused-ring (bicyclic) bond motifs is 1. The van der Waals surface area contributed by atoms with Crippen molar-refractivity contribution in [3.8, 4) is 5.75 Å². The Morgan fingerprint density at radius 2 is 2.00 bits per heavy atom. The molecule has 0 bridgehead atoms. The molecule has 128 valence electrons. The van der Waals surface area contributed by atoms with E-state index >= 15 is 0 Å². The van der Waals surface area contributed by atoms with Crippen LogP contribution in [0.1, 0.15) is 65.8 Å². The van der Waals surface area contributed by atoms with Gasteiger partial charge in [-0.3, -0.25) is 14.4 Å². The maximum absolute atomic E-state index is 12.9. The molecule has 5 heteroatoms. The van der Waals surface area contributed by atoms with Gasteiger partial charge in [-0.25, -0.2) is 0 Å². The van der Waals surface area contributed by atoms with Gasteiger partial charge in [-0.05, 0) is 37.3 Å². The Morgan fingerprint density at radius 1 is 1.33 bits per heavy atom. The standard InChI is InChI=1S/C19H21ClO4/c1-19(2)7-6-11-13(20)8-12(17(24-3)16(11)18(19)23)15(22)9-14(21)10-4-5-10/h8,10H,4-7,9H2,1-3H3. The summed E-state index contributed by atoms with van der Waals surface area (Å²) < 4.78 is 5.43. The predicted molar refractivity (Wildman–Crippen MR) is 91.1 cm³/mol. The summed E-state index contributed by atoms with van der Waals surface area (Å²) >= 11 is 6.35.